The Labute approximate surface area is 139 Å². The minimum atomic E-state index is -3.57. The quantitative estimate of drug-likeness (QED) is 0.812. The molecule has 128 valence electrons. The lowest BCUT2D eigenvalue weighted by molar-refractivity contribution is 0.237. The third-order valence-corrected chi connectivity index (χ3v) is 5.23. The largest absolute Gasteiger partial charge is 0.344 e. The van der Waals surface area contributed by atoms with Gasteiger partial charge in [-0.1, -0.05) is 42.5 Å². The topological polar surface area (TPSA) is 103 Å². The fourth-order valence-electron chi connectivity index (χ4n) is 2.64. The molecule has 9 heteroatoms. The number of benzene rings is 1. The first-order valence-corrected chi connectivity index (χ1v) is 9.18. The van der Waals surface area contributed by atoms with E-state index in [9.17, 15) is 13.2 Å². The average molecular weight is 350 g/mol. The Hall–Kier alpha value is -2.26. The van der Waals surface area contributed by atoms with Crippen molar-refractivity contribution in [2.24, 2.45) is 0 Å². The molecule has 1 aromatic heterocycles. The molecule has 0 fully saturated rings. The number of nitrogens with zero attached hydrogens (tertiary/aromatic N) is 3. The standard InChI is InChI=1S/C15H18N4O4S/c1-11-10-24(21,22)23-8-7-13-14(11)17-18-19(13)15(20)16-9-12-5-3-2-4-6-12/h2-6,11H,7-10H2,1H3,(H,16,20). The molecule has 1 N–H and O–H groups in total. The molecule has 1 aromatic carbocycles. The van der Waals surface area contributed by atoms with Gasteiger partial charge in [-0.2, -0.15) is 13.1 Å². The van der Waals surface area contributed by atoms with Crippen LogP contribution >= 0.6 is 0 Å². The second-order valence-electron chi connectivity index (χ2n) is 5.67. The molecule has 2 aromatic rings. The maximum absolute atomic E-state index is 12.4. The SMILES string of the molecule is CC1CS(=O)(=O)OCCc2c1nnn2C(=O)NCc1ccccc1. The van der Waals surface area contributed by atoms with Gasteiger partial charge in [0.2, 0.25) is 0 Å². The van der Waals surface area contributed by atoms with Crippen LogP contribution in [0.3, 0.4) is 0 Å². The van der Waals surface area contributed by atoms with Crippen LogP contribution in [0.1, 0.15) is 29.8 Å². The summed E-state index contributed by atoms with van der Waals surface area (Å²) in [6.07, 6.45) is 0.255. The number of carbonyl (C=O) groups excluding carboxylic acids is 1. The van der Waals surface area contributed by atoms with Crippen LogP contribution in [0.15, 0.2) is 30.3 Å². The summed E-state index contributed by atoms with van der Waals surface area (Å²) in [4.78, 5) is 12.4. The zero-order chi connectivity index (χ0) is 17.2. The smallest absolute Gasteiger partial charge is 0.332 e. The van der Waals surface area contributed by atoms with E-state index in [1.54, 1.807) is 6.92 Å². The second-order valence-corrected chi connectivity index (χ2v) is 7.36. The molecular formula is C15H18N4O4S. The van der Waals surface area contributed by atoms with Crippen LogP contribution < -0.4 is 5.32 Å². The first-order valence-electron chi connectivity index (χ1n) is 7.60. The summed E-state index contributed by atoms with van der Waals surface area (Å²) in [5, 5.41) is 10.7. The van der Waals surface area contributed by atoms with Crippen LogP contribution in [0.25, 0.3) is 0 Å². The molecule has 1 aliphatic rings. The van der Waals surface area contributed by atoms with Gasteiger partial charge in [0.1, 0.15) is 0 Å². The highest BCUT2D eigenvalue weighted by molar-refractivity contribution is 7.86. The summed E-state index contributed by atoms with van der Waals surface area (Å²) in [5.74, 6) is -0.564. The van der Waals surface area contributed by atoms with Gasteiger partial charge in [-0.15, -0.1) is 5.10 Å². The van der Waals surface area contributed by atoms with E-state index in [-0.39, 0.29) is 24.7 Å². The molecule has 0 bridgehead atoms. The molecule has 0 aliphatic carbocycles. The molecule has 0 saturated carbocycles. The number of aromatic nitrogens is 3. The number of fused-ring (bicyclic) bond motifs is 1. The molecule has 2 heterocycles. The lowest BCUT2D eigenvalue weighted by Gasteiger charge is -2.16. The fourth-order valence-corrected chi connectivity index (χ4v) is 3.84. The minimum Gasteiger partial charge on any atom is -0.332 e. The molecule has 8 nitrogen and oxygen atoms in total. The van der Waals surface area contributed by atoms with Crippen LogP contribution in [0.5, 0.6) is 0 Å². The highest BCUT2D eigenvalue weighted by Crippen LogP contribution is 2.23. The van der Waals surface area contributed by atoms with Gasteiger partial charge in [0.05, 0.1) is 23.7 Å². The number of carbonyl (C=O) groups is 1. The Balaban J connectivity index is 1.78. The first kappa shape index (κ1) is 16.6. The maximum Gasteiger partial charge on any atom is 0.344 e. The zero-order valence-electron chi connectivity index (χ0n) is 13.2. The van der Waals surface area contributed by atoms with Crippen molar-refractivity contribution in [2.75, 3.05) is 12.4 Å². The van der Waals surface area contributed by atoms with E-state index < -0.39 is 16.1 Å². The van der Waals surface area contributed by atoms with Gasteiger partial charge in [0.15, 0.2) is 0 Å². The van der Waals surface area contributed by atoms with Gasteiger partial charge >= 0.3 is 6.03 Å². The molecule has 3 rings (SSSR count). The van der Waals surface area contributed by atoms with Crippen molar-refractivity contribution in [1.82, 2.24) is 20.3 Å². The molecule has 24 heavy (non-hydrogen) atoms. The van der Waals surface area contributed by atoms with E-state index in [2.05, 4.69) is 15.6 Å². The van der Waals surface area contributed by atoms with Crippen LogP contribution in [0, 0.1) is 0 Å². The summed E-state index contributed by atoms with van der Waals surface area (Å²) in [5.41, 5.74) is 2.08. The van der Waals surface area contributed by atoms with Crippen LogP contribution in [-0.4, -0.2) is 41.8 Å². The number of rotatable bonds is 2. The lowest BCUT2D eigenvalue weighted by Crippen LogP contribution is -2.31. The summed E-state index contributed by atoms with van der Waals surface area (Å²) in [6, 6.07) is 9.11. The van der Waals surface area contributed by atoms with Gasteiger partial charge in [-0.25, -0.2) is 4.79 Å². The van der Waals surface area contributed by atoms with Crippen molar-refractivity contribution < 1.29 is 17.4 Å². The van der Waals surface area contributed by atoms with E-state index in [0.29, 0.717) is 17.9 Å². The second kappa shape index (κ2) is 6.70. The van der Waals surface area contributed by atoms with Crippen molar-refractivity contribution in [1.29, 1.82) is 0 Å². The van der Waals surface area contributed by atoms with Crippen molar-refractivity contribution in [2.45, 2.75) is 25.8 Å². The van der Waals surface area contributed by atoms with Crippen LogP contribution in [0.4, 0.5) is 4.79 Å². The van der Waals surface area contributed by atoms with Gasteiger partial charge in [-0.3, -0.25) is 4.18 Å². The molecule has 0 radical (unpaired) electrons. The Kier molecular flexibility index (Phi) is 4.63. The highest BCUT2D eigenvalue weighted by Gasteiger charge is 2.28. The molecule has 0 spiro atoms. The van der Waals surface area contributed by atoms with Crippen molar-refractivity contribution in [3.05, 3.63) is 47.3 Å². The molecule has 0 saturated heterocycles. The van der Waals surface area contributed by atoms with E-state index in [1.165, 1.54) is 4.68 Å². The molecule has 1 unspecified atom stereocenters. The predicted molar refractivity (Wildman–Crippen MR) is 86.0 cm³/mol. The molecule has 1 atom stereocenters. The Morgan fingerprint density at radius 1 is 1.38 bits per heavy atom. The first-order chi connectivity index (χ1) is 11.5. The monoisotopic (exact) mass is 350 g/mol. The summed E-state index contributed by atoms with van der Waals surface area (Å²) in [7, 11) is -3.57. The number of hydrogen-bond donors (Lipinski definition) is 1. The third kappa shape index (κ3) is 3.62. The average Bonchev–Trinajstić information content (AvgIpc) is 2.95. The number of nitrogens with one attached hydrogen (secondary N) is 1. The van der Waals surface area contributed by atoms with Crippen LogP contribution in [-0.2, 0) is 27.3 Å². The van der Waals surface area contributed by atoms with E-state index in [4.69, 9.17) is 4.18 Å². The maximum atomic E-state index is 12.4. The van der Waals surface area contributed by atoms with Gasteiger partial charge in [0.25, 0.3) is 10.1 Å². The van der Waals surface area contributed by atoms with Gasteiger partial charge in [0, 0.05) is 18.9 Å². The predicted octanol–water partition coefficient (Wildman–Crippen LogP) is 1.04. The van der Waals surface area contributed by atoms with E-state index >= 15 is 0 Å². The number of amides is 1. The van der Waals surface area contributed by atoms with E-state index in [1.807, 2.05) is 30.3 Å². The lowest BCUT2D eigenvalue weighted by atomic mass is 10.1. The third-order valence-electron chi connectivity index (χ3n) is 3.79. The van der Waals surface area contributed by atoms with Gasteiger partial charge in [-0.05, 0) is 5.56 Å². The summed E-state index contributed by atoms with van der Waals surface area (Å²) in [6.45, 7) is 2.07. The minimum absolute atomic E-state index is 0.0264. The normalized spacial score (nSPS) is 19.8. The molecule has 1 aliphatic heterocycles. The highest BCUT2D eigenvalue weighted by atomic mass is 32.2. The summed E-state index contributed by atoms with van der Waals surface area (Å²) >= 11 is 0. The Morgan fingerprint density at radius 2 is 2.12 bits per heavy atom. The Morgan fingerprint density at radius 3 is 2.88 bits per heavy atom. The molecular weight excluding hydrogens is 332 g/mol. The zero-order valence-corrected chi connectivity index (χ0v) is 14.0. The van der Waals surface area contributed by atoms with Crippen molar-refractivity contribution in [3.8, 4) is 0 Å². The number of hydrogen-bond acceptors (Lipinski definition) is 6. The van der Waals surface area contributed by atoms with Crippen molar-refractivity contribution >= 4 is 16.1 Å². The molecule has 1 amide bonds. The summed E-state index contributed by atoms with van der Waals surface area (Å²) < 4.78 is 29.5. The Bertz CT molecular complexity index is 832. The van der Waals surface area contributed by atoms with Gasteiger partial charge < -0.3 is 5.32 Å². The van der Waals surface area contributed by atoms with Crippen molar-refractivity contribution in [3.63, 3.8) is 0 Å². The fraction of sp³-hybridized carbons (Fsp3) is 0.400. The van der Waals surface area contributed by atoms with Crippen LogP contribution in [0.2, 0.25) is 0 Å². The van der Waals surface area contributed by atoms with E-state index in [0.717, 1.165) is 5.56 Å².